The summed E-state index contributed by atoms with van der Waals surface area (Å²) in [6.45, 7) is 10.3. The number of alkyl halides is 6. The first-order chi connectivity index (χ1) is 14.7. The second-order valence-corrected chi connectivity index (χ2v) is 26.1. The van der Waals surface area contributed by atoms with Gasteiger partial charge in [-0.05, 0) is 76.3 Å². The molecule has 0 aromatic heterocycles. The maximum absolute atomic E-state index is 13.2. The molecule has 0 unspecified atom stereocenters. The molecule has 0 saturated heterocycles. The van der Waals surface area contributed by atoms with Crippen LogP contribution in [0.3, 0.4) is 0 Å². The quantitative estimate of drug-likeness (QED) is 0.172. The third-order valence-corrected chi connectivity index (χ3v) is 21.3. The highest BCUT2D eigenvalue weighted by Gasteiger charge is 2.51. The molecule has 0 aromatic rings. The Morgan fingerprint density at radius 3 is 1.27 bits per heavy atom. The van der Waals surface area contributed by atoms with Gasteiger partial charge in [0, 0.05) is 26.1 Å². The van der Waals surface area contributed by atoms with Crippen LogP contribution >= 0.6 is 0 Å². The van der Waals surface area contributed by atoms with Gasteiger partial charge in [0.05, 0.1) is 0 Å². The molecule has 0 aliphatic rings. The molecule has 0 heterocycles. The molecule has 0 atom stereocenters. The summed E-state index contributed by atoms with van der Waals surface area (Å²) < 4.78 is 97.7. The third kappa shape index (κ3) is 16.5. The fraction of sp³-hybridized carbons (Fsp3) is 1.00. The van der Waals surface area contributed by atoms with E-state index in [0.29, 0.717) is 24.9 Å². The monoisotopic (exact) mass is 562 g/mol. The van der Waals surface area contributed by atoms with Gasteiger partial charge in [-0.1, -0.05) is 0 Å². The van der Waals surface area contributed by atoms with E-state index in [2.05, 4.69) is 0 Å². The summed E-state index contributed by atoms with van der Waals surface area (Å²) in [5, 5.41) is 18.3. The van der Waals surface area contributed by atoms with Crippen LogP contribution in [0.25, 0.3) is 0 Å². The summed E-state index contributed by atoms with van der Waals surface area (Å²) >= 11 is 0. The first-order valence-corrected chi connectivity index (χ1v) is 22.4. The molecule has 5 nitrogen and oxygen atoms in total. The van der Waals surface area contributed by atoms with Crippen LogP contribution < -0.4 is 0 Å². The molecule has 0 aliphatic heterocycles. The van der Waals surface area contributed by atoms with Crippen LogP contribution in [0.2, 0.25) is 63.5 Å². The van der Waals surface area contributed by atoms with Crippen LogP contribution in [0.5, 0.6) is 0 Å². The molecule has 0 aliphatic carbocycles. The summed E-state index contributed by atoms with van der Waals surface area (Å²) in [6, 6.07) is -0.305. The first-order valence-electron chi connectivity index (χ1n) is 11.1. The molecule has 0 radical (unpaired) electrons. The Bertz CT molecular complexity index is 556. The Balaban J connectivity index is 6.09. The van der Waals surface area contributed by atoms with Crippen molar-refractivity contribution in [2.24, 2.45) is 0 Å². The average Bonchev–Trinajstić information content (AvgIpc) is 2.59. The van der Waals surface area contributed by atoms with Crippen molar-refractivity contribution in [2.75, 3.05) is 13.2 Å². The fourth-order valence-corrected chi connectivity index (χ4v) is 23.8. The molecule has 0 amide bonds. The second-order valence-electron chi connectivity index (χ2n) is 10.0. The number of aliphatic hydroxyl groups excluding tert-OH is 2. The predicted molar refractivity (Wildman–Crippen MR) is 125 cm³/mol. The Labute approximate surface area is 197 Å². The molecular weight excluding hydrogens is 523 g/mol. The lowest BCUT2D eigenvalue weighted by atomic mass is 10.5. The van der Waals surface area contributed by atoms with Gasteiger partial charge >= 0.3 is 29.5 Å². The molecule has 0 saturated carbocycles. The van der Waals surface area contributed by atoms with E-state index in [1.54, 1.807) is 26.2 Å². The van der Waals surface area contributed by atoms with Gasteiger partial charge in [-0.3, -0.25) is 0 Å². The molecule has 200 valence electrons. The molecule has 2 N–H and O–H groups in total. The van der Waals surface area contributed by atoms with Crippen molar-refractivity contribution in [3.05, 3.63) is 0 Å². The van der Waals surface area contributed by atoms with Crippen LogP contribution in [-0.2, 0) is 12.3 Å². The minimum Gasteiger partial charge on any atom is -0.436 e. The van der Waals surface area contributed by atoms with E-state index in [9.17, 15) is 26.3 Å². The van der Waals surface area contributed by atoms with E-state index in [1.807, 2.05) is 13.1 Å². The van der Waals surface area contributed by atoms with E-state index < -0.39 is 71.0 Å². The molecule has 0 aromatic carbocycles. The smallest absolute Gasteiger partial charge is 0.389 e. The summed E-state index contributed by atoms with van der Waals surface area (Å²) in [5.74, 6) is 0. The van der Waals surface area contributed by atoms with Crippen molar-refractivity contribution in [2.45, 2.75) is 101 Å². The summed E-state index contributed by atoms with van der Waals surface area (Å²) in [5.41, 5.74) is 0. The topological polar surface area (TPSA) is 68.2 Å². The third-order valence-electron chi connectivity index (χ3n) is 4.87. The van der Waals surface area contributed by atoms with Crippen LogP contribution in [0.4, 0.5) is 26.3 Å². The minimum atomic E-state index is -4.57. The van der Waals surface area contributed by atoms with Gasteiger partial charge < -0.3 is 22.6 Å². The Kier molecular flexibility index (Phi) is 13.1. The van der Waals surface area contributed by atoms with E-state index in [4.69, 9.17) is 22.6 Å². The zero-order valence-corrected chi connectivity index (χ0v) is 24.5. The Hall–Kier alpha value is 0.248. The zero-order chi connectivity index (χ0) is 26.2. The van der Waals surface area contributed by atoms with Crippen molar-refractivity contribution in [3.63, 3.8) is 0 Å². The fourth-order valence-electron chi connectivity index (χ4n) is 3.76. The lowest BCUT2D eigenvalue weighted by Crippen LogP contribution is -2.59. The van der Waals surface area contributed by atoms with E-state index in [1.165, 1.54) is 0 Å². The molecule has 0 rings (SSSR count). The van der Waals surface area contributed by atoms with Gasteiger partial charge in [0.2, 0.25) is 0 Å². The maximum atomic E-state index is 13.2. The maximum Gasteiger partial charge on any atom is 0.389 e. The zero-order valence-electron chi connectivity index (χ0n) is 20.5. The number of hydrogen-bond acceptors (Lipinski definition) is 5. The van der Waals surface area contributed by atoms with Crippen molar-refractivity contribution < 1.29 is 48.9 Å². The molecule has 15 heteroatoms. The van der Waals surface area contributed by atoms with Crippen molar-refractivity contribution in [3.8, 4) is 0 Å². The number of rotatable bonds is 16. The van der Waals surface area contributed by atoms with Gasteiger partial charge in [0.15, 0.2) is 16.6 Å². The number of hydrogen-bond donors (Lipinski definition) is 2. The SMILES string of the molecule is C[Si](C)(CCCO)O[Si](C)(C)O[Si](CCC(F)(F)F)(CCC(F)(F)F)O[Si](C)(C)CCCO. The van der Waals surface area contributed by atoms with Gasteiger partial charge in [0.25, 0.3) is 0 Å². The van der Waals surface area contributed by atoms with E-state index in [-0.39, 0.29) is 13.2 Å². The molecule has 0 bridgehead atoms. The summed E-state index contributed by atoms with van der Waals surface area (Å²) in [7, 11) is -12.3. The van der Waals surface area contributed by atoms with Crippen LogP contribution in [-0.4, -0.2) is 69.5 Å². The van der Waals surface area contributed by atoms with Crippen LogP contribution in [0.15, 0.2) is 0 Å². The second kappa shape index (κ2) is 13.0. The summed E-state index contributed by atoms with van der Waals surface area (Å²) in [4.78, 5) is 0. The highest BCUT2D eigenvalue weighted by atomic mass is 28.5. The molecular formula is C18H40F6O5Si4. The van der Waals surface area contributed by atoms with Gasteiger partial charge in [-0.15, -0.1) is 0 Å². The lowest BCUT2D eigenvalue weighted by Gasteiger charge is -2.44. The standard InChI is InChI=1S/C18H40F6O5Si4/c1-30(2,13-7-11-25)27-32(5,6)29-33(15-9-17(19,20)21,16-10-18(22,23)24)28-31(3,4)14-8-12-26/h25-26H,7-16H2,1-6H3. The summed E-state index contributed by atoms with van der Waals surface area (Å²) in [6.07, 6.45) is -10.9. The highest BCUT2D eigenvalue weighted by Crippen LogP contribution is 2.38. The number of aliphatic hydroxyl groups is 2. The number of halogens is 6. The van der Waals surface area contributed by atoms with Crippen molar-refractivity contribution >= 4 is 33.8 Å². The van der Waals surface area contributed by atoms with Crippen LogP contribution in [0, 0.1) is 0 Å². The Morgan fingerprint density at radius 1 is 0.576 bits per heavy atom. The molecule has 33 heavy (non-hydrogen) atoms. The average molecular weight is 563 g/mol. The first kappa shape index (κ1) is 33.2. The van der Waals surface area contributed by atoms with E-state index in [0.717, 1.165) is 0 Å². The van der Waals surface area contributed by atoms with Crippen molar-refractivity contribution in [1.82, 2.24) is 0 Å². The van der Waals surface area contributed by atoms with E-state index >= 15 is 0 Å². The minimum absolute atomic E-state index is 0.0355. The molecule has 0 fully saturated rings. The van der Waals surface area contributed by atoms with Gasteiger partial charge in [-0.2, -0.15) is 26.3 Å². The van der Waals surface area contributed by atoms with Crippen molar-refractivity contribution in [1.29, 1.82) is 0 Å². The van der Waals surface area contributed by atoms with Crippen LogP contribution in [0.1, 0.15) is 25.7 Å². The van der Waals surface area contributed by atoms with Gasteiger partial charge in [0.1, 0.15) is 0 Å². The normalized spacial score (nSPS) is 14.7. The highest BCUT2D eigenvalue weighted by molar-refractivity contribution is 6.90. The van der Waals surface area contributed by atoms with Gasteiger partial charge in [-0.25, -0.2) is 0 Å². The lowest BCUT2D eigenvalue weighted by molar-refractivity contribution is -0.133. The predicted octanol–water partition coefficient (Wildman–Crippen LogP) is 6.26. The molecule has 0 spiro atoms. The Morgan fingerprint density at radius 2 is 0.939 bits per heavy atom. The largest absolute Gasteiger partial charge is 0.436 e.